The van der Waals surface area contributed by atoms with E-state index >= 15 is 0 Å². The Labute approximate surface area is 137 Å². The Morgan fingerprint density at radius 2 is 2.09 bits per heavy atom. The van der Waals surface area contributed by atoms with Crippen molar-refractivity contribution in [2.45, 2.75) is 46.1 Å². The molecule has 2 aliphatic heterocycles. The van der Waals surface area contributed by atoms with Crippen LogP contribution >= 0.6 is 0 Å². The zero-order chi connectivity index (χ0) is 16.6. The maximum atomic E-state index is 12.7. The number of likely N-dealkylation sites (tertiary alicyclic amines) is 2. The molecule has 6 nitrogen and oxygen atoms in total. The van der Waals surface area contributed by atoms with Gasteiger partial charge in [-0.15, -0.1) is 0 Å². The van der Waals surface area contributed by atoms with Crippen LogP contribution in [0.25, 0.3) is 0 Å². The van der Waals surface area contributed by atoms with E-state index in [0.717, 1.165) is 44.6 Å². The van der Waals surface area contributed by atoms with Crippen LogP contribution < -0.4 is 0 Å². The molecule has 2 fully saturated rings. The van der Waals surface area contributed by atoms with Crippen LogP contribution in [0.3, 0.4) is 0 Å². The molecule has 6 heteroatoms. The number of carbonyl (C=O) groups excluding carboxylic acids is 2. The lowest BCUT2D eigenvalue weighted by atomic mass is 9.77. The highest BCUT2D eigenvalue weighted by atomic mass is 16.2. The van der Waals surface area contributed by atoms with Gasteiger partial charge in [0.15, 0.2) is 0 Å². The summed E-state index contributed by atoms with van der Waals surface area (Å²) in [6.45, 7) is 9.04. The second-order valence-electron chi connectivity index (χ2n) is 7.08. The van der Waals surface area contributed by atoms with Gasteiger partial charge in [-0.05, 0) is 39.2 Å². The number of nitrogens with zero attached hydrogens (tertiary/aromatic N) is 4. The fourth-order valence-corrected chi connectivity index (χ4v) is 3.83. The van der Waals surface area contributed by atoms with Crippen LogP contribution in [0.4, 0.5) is 0 Å². The van der Waals surface area contributed by atoms with Crippen molar-refractivity contribution in [3.05, 3.63) is 18.0 Å². The van der Waals surface area contributed by atoms with Crippen LogP contribution in [-0.4, -0.2) is 57.6 Å². The van der Waals surface area contributed by atoms with Crippen LogP contribution in [0.2, 0.25) is 0 Å². The maximum absolute atomic E-state index is 12.7. The van der Waals surface area contributed by atoms with E-state index in [1.165, 1.54) is 0 Å². The van der Waals surface area contributed by atoms with E-state index in [9.17, 15) is 9.59 Å². The fraction of sp³-hybridized carbons (Fsp3) is 0.706. The molecule has 0 bridgehead atoms. The molecule has 1 aromatic heterocycles. The van der Waals surface area contributed by atoms with E-state index < -0.39 is 0 Å². The van der Waals surface area contributed by atoms with E-state index in [2.05, 4.69) is 5.10 Å². The number of amides is 2. The Balaban J connectivity index is 1.61. The molecule has 0 unspecified atom stereocenters. The zero-order valence-electron chi connectivity index (χ0n) is 14.3. The number of aryl methyl sites for hydroxylation is 1. The Kier molecular flexibility index (Phi) is 4.17. The highest BCUT2D eigenvalue weighted by molar-refractivity contribution is 5.81. The first-order chi connectivity index (χ1) is 10.9. The predicted molar refractivity (Wildman–Crippen MR) is 86.8 cm³/mol. The van der Waals surface area contributed by atoms with Gasteiger partial charge in [0.25, 0.3) is 0 Å². The summed E-state index contributed by atoms with van der Waals surface area (Å²) in [5.41, 5.74) is 1.15. The monoisotopic (exact) mass is 318 g/mol. The van der Waals surface area contributed by atoms with Crippen LogP contribution in [0, 0.1) is 12.3 Å². The number of carbonyl (C=O) groups is 2. The third-order valence-electron chi connectivity index (χ3n) is 5.41. The van der Waals surface area contributed by atoms with Gasteiger partial charge in [0, 0.05) is 44.2 Å². The van der Waals surface area contributed by atoms with Crippen LogP contribution in [0.5, 0.6) is 0 Å². The summed E-state index contributed by atoms with van der Waals surface area (Å²) in [6.07, 6.45) is 6.18. The quantitative estimate of drug-likeness (QED) is 0.851. The van der Waals surface area contributed by atoms with Gasteiger partial charge in [-0.1, -0.05) is 0 Å². The second-order valence-corrected chi connectivity index (χ2v) is 7.08. The molecule has 1 atom stereocenters. The summed E-state index contributed by atoms with van der Waals surface area (Å²) in [4.78, 5) is 28.6. The van der Waals surface area contributed by atoms with Crippen molar-refractivity contribution in [2.24, 2.45) is 5.41 Å². The molecule has 0 aromatic carbocycles. The SMILES string of the molecule is CCN1CC2(CCN(C(=O)[C@@H](C)n3cc(C)cn3)CC2)CC1=O. The number of hydrogen-bond acceptors (Lipinski definition) is 3. The van der Waals surface area contributed by atoms with Crippen molar-refractivity contribution in [3.63, 3.8) is 0 Å². The Hall–Kier alpha value is -1.85. The minimum absolute atomic E-state index is 0.0927. The van der Waals surface area contributed by atoms with Gasteiger partial charge >= 0.3 is 0 Å². The fourth-order valence-electron chi connectivity index (χ4n) is 3.83. The van der Waals surface area contributed by atoms with Gasteiger partial charge in [-0.2, -0.15) is 5.10 Å². The molecule has 1 spiro atoms. The third kappa shape index (κ3) is 2.99. The summed E-state index contributed by atoms with van der Waals surface area (Å²) in [6, 6.07) is -0.268. The first-order valence-electron chi connectivity index (χ1n) is 8.51. The average molecular weight is 318 g/mol. The third-order valence-corrected chi connectivity index (χ3v) is 5.41. The summed E-state index contributed by atoms with van der Waals surface area (Å²) in [7, 11) is 0. The second kappa shape index (κ2) is 5.98. The van der Waals surface area contributed by atoms with Crippen LogP contribution in [0.1, 0.15) is 44.7 Å². The standard InChI is InChI=1S/C17H26N4O2/c1-4-19-12-17(9-15(19)22)5-7-20(8-6-17)16(23)14(3)21-11-13(2)10-18-21/h10-11,14H,4-9,12H2,1-3H3/t14-/m1/s1. The van der Waals surface area contributed by atoms with Crippen molar-refractivity contribution >= 4 is 11.8 Å². The molecule has 0 radical (unpaired) electrons. The van der Waals surface area contributed by atoms with Crippen molar-refractivity contribution in [1.82, 2.24) is 19.6 Å². The maximum Gasteiger partial charge on any atom is 0.247 e. The number of hydrogen-bond donors (Lipinski definition) is 0. The number of aromatic nitrogens is 2. The Morgan fingerprint density at radius 1 is 1.39 bits per heavy atom. The molecule has 2 saturated heterocycles. The molecule has 0 aliphatic carbocycles. The normalized spacial score (nSPS) is 22.0. The summed E-state index contributed by atoms with van der Waals surface area (Å²) in [5.74, 6) is 0.396. The largest absolute Gasteiger partial charge is 0.342 e. The lowest BCUT2D eigenvalue weighted by molar-refractivity contribution is -0.136. The van der Waals surface area contributed by atoms with Gasteiger partial charge in [0.2, 0.25) is 11.8 Å². The number of piperidine rings is 1. The minimum atomic E-state index is -0.268. The molecule has 0 N–H and O–H groups in total. The van der Waals surface area contributed by atoms with E-state index in [0.29, 0.717) is 6.42 Å². The smallest absolute Gasteiger partial charge is 0.247 e. The molecular formula is C17H26N4O2. The molecule has 2 aliphatic rings. The van der Waals surface area contributed by atoms with E-state index in [4.69, 9.17) is 0 Å². The zero-order valence-corrected chi connectivity index (χ0v) is 14.3. The van der Waals surface area contributed by atoms with Crippen LogP contribution in [0.15, 0.2) is 12.4 Å². The highest BCUT2D eigenvalue weighted by Crippen LogP contribution is 2.41. The van der Waals surface area contributed by atoms with Crippen molar-refractivity contribution in [3.8, 4) is 0 Å². The molecule has 3 heterocycles. The first-order valence-corrected chi connectivity index (χ1v) is 8.51. The lowest BCUT2D eigenvalue weighted by Crippen LogP contribution is -2.46. The highest BCUT2D eigenvalue weighted by Gasteiger charge is 2.45. The van der Waals surface area contributed by atoms with Gasteiger partial charge in [-0.25, -0.2) is 0 Å². The number of rotatable bonds is 3. The minimum Gasteiger partial charge on any atom is -0.342 e. The van der Waals surface area contributed by atoms with E-state index in [-0.39, 0.29) is 23.3 Å². The van der Waals surface area contributed by atoms with Gasteiger partial charge in [0.1, 0.15) is 6.04 Å². The van der Waals surface area contributed by atoms with E-state index in [1.807, 2.05) is 36.8 Å². The van der Waals surface area contributed by atoms with Crippen molar-refractivity contribution in [2.75, 3.05) is 26.2 Å². The predicted octanol–water partition coefficient (Wildman–Crippen LogP) is 1.61. The molecule has 1 aromatic rings. The summed E-state index contributed by atoms with van der Waals surface area (Å²) < 4.78 is 1.74. The molecule has 3 rings (SSSR count). The first kappa shape index (κ1) is 16.0. The van der Waals surface area contributed by atoms with Gasteiger partial charge < -0.3 is 9.80 Å². The van der Waals surface area contributed by atoms with Gasteiger partial charge in [0.05, 0.1) is 6.20 Å². The summed E-state index contributed by atoms with van der Waals surface area (Å²) >= 11 is 0. The lowest BCUT2D eigenvalue weighted by Gasteiger charge is -2.39. The Morgan fingerprint density at radius 3 is 2.61 bits per heavy atom. The van der Waals surface area contributed by atoms with Crippen molar-refractivity contribution in [1.29, 1.82) is 0 Å². The van der Waals surface area contributed by atoms with Crippen LogP contribution in [-0.2, 0) is 9.59 Å². The van der Waals surface area contributed by atoms with Crippen molar-refractivity contribution < 1.29 is 9.59 Å². The summed E-state index contributed by atoms with van der Waals surface area (Å²) in [5, 5.41) is 4.25. The molecule has 2 amide bonds. The molecule has 0 saturated carbocycles. The molecule has 23 heavy (non-hydrogen) atoms. The molecular weight excluding hydrogens is 292 g/mol. The van der Waals surface area contributed by atoms with Gasteiger partial charge in [-0.3, -0.25) is 14.3 Å². The molecule has 126 valence electrons. The Bertz CT molecular complexity index is 601. The van der Waals surface area contributed by atoms with E-state index in [1.54, 1.807) is 10.9 Å². The topological polar surface area (TPSA) is 58.4 Å². The average Bonchev–Trinajstić information content (AvgIpc) is 3.10.